The number of ether oxygens (including phenoxy) is 2. The molecule has 0 bridgehead atoms. The first-order valence-electron chi connectivity index (χ1n) is 5.76. The quantitative estimate of drug-likeness (QED) is 0.854. The van der Waals surface area contributed by atoms with Crippen molar-refractivity contribution in [3.63, 3.8) is 0 Å². The first-order valence-corrected chi connectivity index (χ1v) is 5.76. The minimum Gasteiger partial charge on any atom is -0.493 e. The molecule has 0 saturated heterocycles. The Morgan fingerprint density at radius 2 is 1.79 bits per heavy atom. The second-order valence-electron chi connectivity index (χ2n) is 4.12. The SMILES string of the molecule is COc1cc(C)ccc1Oc1ccc(N)cc1C#N. The molecule has 0 saturated carbocycles. The fourth-order valence-electron chi connectivity index (χ4n) is 1.70. The smallest absolute Gasteiger partial charge is 0.169 e. The van der Waals surface area contributed by atoms with E-state index in [1.54, 1.807) is 25.3 Å². The van der Waals surface area contributed by atoms with Crippen LogP contribution in [0.3, 0.4) is 0 Å². The summed E-state index contributed by atoms with van der Waals surface area (Å²) in [6.07, 6.45) is 0. The predicted molar refractivity (Wildman–Crippen MR) is 73.4 cm³/mol. The van der Waals surface area contributed by atoms with E-state index in [0.717, 1.165) is 5.56 Å². The van der Waals surface area contributed by atoms with Gasteiger partial charge in [0.2, 0.25) is 0 Å². The fourth-order valence-corrected chi connectivity index (χ4v) is 1.70. The van der Waals surface area contributed by atoms with Gasteiger partial charge in [-0.25, -0.2) is 0 Å². The van der Waals surface area contributed by atoms with Crippen LogP contribution >= 0.6 is 0 Å². The second-order valence-corrected chi connectivity index (χ2v) is 4.12. The zero-order chi connectivity index (χ0) is 13.8. The molecule has 0 aliphatic heterocycles. The number of rotatable bonds is 3. The van der Waals surface area contributed by atoms with Crippen LogP contribution in [0.25, 0.3) is 0 Å². The fraction of sp³-hybridized carbons (Fsp3) is 0.133. The van der Waals surface area contributed by atoms with E-state index in [9.17, 15) is 0 Å². The molecule has 2 aromatic rings. The summed E-state index contributed by atoms with van der Waals surface area (Å²) in [5.41, 5.74) is 7.63. The molecule has 0 aromatic heterocycles. The van der Waals surface area contributed by atoms with Gasteiger partial charge in [-0.2, -0.15) is 5.26 Å². The third-order valence-corrected chi connectivity index (χ3v) is 2.66. The number of nitrogens with two attached hydrogens (primary N) is 1. The van der Waals surface area contributed by atoms with Gasteiger partial charge in [-0.15, -0.1) is 0 Å². The van der Waals surface area contributed by atoms with Gasteiger partial charge in [0, 0.05) is 5.69 Å². The summed E-state index contributed by atoms with van der Waals surface area (Å²) in [5, 5.41) is 9.07. The van der Waals surface area contributed by atoms with Crippen LogP contribution in [0.2, 0.25) is 0 Å². The highest BCUT2D eigenvalue weighted by atomic mass is 16.5. The summed E-state index contributed by atoms with van der Waals surface area (Å²) in [6.45, 7) is 1.97. The predicted octanol–water partition coefficient (Wildman–Crippen LogP) is 3.25. The van der Waals surface area contributed by atoms with Gasteiger partial charge in [0.1, 0.15) is 11.8 Å². The maximum atomic E-state index is 9.07. The lowest BCUT2D eigenvalue weighted by Gasteiger charge is -2.12. The lowest BCUT2D eigenvalue weighted by molar-refractivity contribution is 0.378. The van der Waals surface area contributed by atoms with E-state index >= 15 is 0 Å². The van der Waals surface area contributed by atoms with Crippen molar-refractivity contribution in [2.75, 3.05) is 12.8 Å². The molecular weight excluding hydrogens is 240 g/mol. The van der Waals surface area contributed by atoms with Crippen LogP contribution in [0.4, 0.5) is 5.69 Å². The molecule has 4 nitrogen and oxygen atoms in total. The van der Waals surface area contributed by atoms with Crippen LogP contribution < -0.4 is 15.2 Å². The van der Waals surface area contributed by atoms with Gasteiger partial charge in [0.05, 0.1) is 12.7 Å². The molecule has 4 heteroatoms. The number of aryl methyl sites for hydroxylation is 1. The maximum absolute atomic E-state index is 9.07. The van der Waals surface area contributed by atoms with Crippen molar-refractivity contribution in [3.05, 3.63) is 47.5 Å². The number of methoxy groups -OCH3 is 1. The normalized spacial score (nSPS) is 9.74. The first-order chi connectivity index (χ1) is 9.13. The Morgan fingerprint density at radius 1 is 1.05 bits per heavy atom. The van der Waals surface area contributed by atoms with Crippen LogP contribution in [0.1, 0.15) is 11.1 Å². The molecule has 19 heavy (non-hydrogen) atoms. The Balaban J connectivity index is 2.39. The third kappa shape index (κ3) is 2.78. The molecule has 0 spiro atoms. The van der Waals surface area contributed by atoms with Gasteiger partial charge in [0.15, 0.2) is 11.5 Å². The van der Waals surface area contributed by atoms with Crippen LogP contribution in [-0.4, -0.2) is 7.11 Å². The lowest BCUT2D eigenvalue weighted by Crippen LogP contribution is -1.94. The largest absolute Gasteiger partial charge is 0.493 e. The molecule has 0 amide bonds. The molecule has 0 aliphatic rings. The van der Waals surface area contributed by atoms with E-state index in [1.165, 1.54) is 0 Å². The molecule has 0 aliphatic carbocycles. The molecule has 0 fully saturated rings. The number of hydrogen-bond acceptors (Lipinski definition) is 4. The summed E-state index contributed by atoms with van der Waals surface area (Å²) in [7, 11) is 1.58. The van der Waals surface area contributed by atoms with Crippen LogP contribution in [0.15, 0.2) is 36.4 Å². The maximum Gasteiger partial charge on any atom is 0.169 e. The van der Waals surface area contributed by atoms with Crippen LogP contribution in [0, 0.1) is 18.3 Å². The van der Waals surface area contributed by atoms with Crippen molar-refractivity contribution in [3.8, 4) is 23.3 Å². The third-order valence-electron chi connectivity index (χ3n) is 2.66. The minimum absolute atomic E-state index is 0.391. The highest BCUT2D eigenvalue weighted by Crippen LogP contribution is 2.34. The summed E-state index contributed by atoms with van der Waals surface area (Å²) in [5.74, 6) is 1.65. The number of nitrogens with zero attached hydrogens (tertiary/aromatic N) is 1. The van der Waals surface area contributed by atoms with Gasteiger partial charge in [0.25, 0.3) is 0 Å². The Bertz CT molecular complexity index is 645. The average molecular weight is 254 g/mol. The molecule has 2 aromatic carbocycles. The summed E-state index contributed by atoms with van der Waals surface area (Å²) in [4.78, 5) is 0. The zero-order valence-corrected chi connectivity index (χ0v) is 10.8. The van der Waals surface area contributed by atoms with Gasteiger partial charge in [-0.1, -0.05) is 6.07 Å². The molecule has 96 valence electrons. The van der Waals surface area contributed by atoms with Crippen molar-refractivity contribution >= 4 is 5.69 Å². The number of hydrogen-bond donors (Lipinski definition) is 1. The van der Waals surface area contributed by atoms with Crippen molar-refractivity contribution in [2.24, 2.45) is 0 Å². The highest BCUT2D eigenvalue weighted by molar-refractivity contribution is 5.55. The lowest BCUT2D eigenvalue weighted by atomic mass is 10.2. The van der Waals surface area contributed by atoms with Gasteiger partial charge >= 0.3 is 0 Å². The van der Waals surface area contributed by atoms with Crippen LogP contribution in [0.5, 0.6) is 17.2 Å². The van der Waals surface area contributed by atoms with Gasteiger partial charge in [-0.3, -0.25) is 0 Å². The first kappa shape index (κ1) is 12.8. The van der Waals surface area contributed by atoms with E-state index in [-0.39, 0.29) is 0 Å². The molecule has 2 rings (SSSR count). The summed E-state index contributed by atoms with van der Waals surface area (Å²) in [6, 6.07) is 12.6. The van der Waals surface area contributed by atoms with E-state index < -0.39 is 0 Å². The van der Waals surface area contributed by atoms with E-state index in [4.69, 9.17) is 20.5 Å². The molecule has 0 unspecified atom stereocenters. The summed E-state index contributed by atoms with van der Waals surface area (Å²) >= 11 is 0. The number of nitriles is 1. The van der Waals surface area contributed by atoms with Crippen LogP contribution in [-0.2, 0) is 0 Å². The van der Waals surface area contributed by atoms with E-state index in [1.807, 2.05) is 25.1 Å². The molecular formula is C15H14N2O2. The summed E-state index contributed by atoms with van der Waals surface area (Å²) < 4.78 is 11.0. The minimum atomic E-state index is 0.391. The Morgan fingerprint density at radius 3 is 2.47 bits per heavy atom. The van der Waals surface area contributed by atoms with Crippen molar-refractivity contribution in [1.29, 1.82) is 5.26 Å². The Labute approximate surface area is 112 Å². The van der Waals surface area contributed by atoms with E-state index in [2.05, 4.69) is 6.07 Å². The topological polar surface area (TPSA) is 68.3 Å². The Hall–Kier alpha value is -2.67. The zero-order valence-electron chi connectivity index (χ0n) is 10.8. The Kier molecular flexibility index (Phi) is 3.58. The van der Waals surface area contributed by atoms with Crippen molar-refractivity contribution in [2.45, 2.75) is 6.92 Å². The van der Waals surface area contributed by atoms with Crippen molar-refractivity contribution < 1.29 is 9.47 Å². The molecule has 0 radical (unpaired) electrons. The average Bonchev–Trinajstić information content (AvgIpc) is 2.42. The molecule has 2 N–H and O–H groups in total. The number of anilines is 1. The van der Waals surface area contributed by atoms with Gasteiger partial charge < -0.3 is 15.2 Å². The standard InChI is InChI=1S/C15H14N2O2/c1-10-3-5-14(15(7-10)18-2)19-13-6-4-12(17)8-11(13)9-16/h3-8H,17H2,1-2H3. The van der Waals surface area contributed by atoms with Gasteiger partial charge in [-0.05, 0) is 42.8 Å². The second kappa shape index (κ2) is 5.32. The number of benzene rings is 2. The number of nitrogen functional groups attached to an aromatic ring is 1. The highest BCUT2D eigenvalue weighted by Gasteiger charge is 2.09. The molecule has 0 atom stereocenters. The van der Waals surface area contributed by atoms with E-state index in [0.29, 0.717) is 28.5 Å². The monoisotopic (exact) mass is 254 g/mol. The molecule has 0 heterocycles. The van der Waals surface area contributed by atoms with Crippen molar-refractivity contribution in [1.82, 2.24) is 0 Å².